The third-order valence-corrected chi connectivity index (χ3v) is 3.58. The van der Waals surface area contributed by atoms with E-state index in [2.05, 4.69) is 10.1 Å². The average molecular weight is 337 g/mol. The van der Waals surface area contributed by atoms with E-state index < -0.39 is 11.7 Å². The lowest BCUT2D eigenvalue weighted by molar-refractivity contribution is -0.140. The van der Waals surface area contributed by atoms with Gasteiger partial charge in [-0.3, -0.25) is 4.79 Å². The molecule has 1 N–H and O–H groups in total. The van der Waals surface area contributed by atoms with E-state index in [1.54, 1.807) is 6.07 Å². The van der Waals surface area contributed by atoms with Gasteiger partial charge in [-0.05, 0) is 35.7 Å². The minimum Gasteiger partial charge on any atom is -0.469 e. The zero-order valence-electron chi connectivity index (χ0n) is 13.2. The number of ether oxygens (including phenoxy) is 1. The van der Waals surface area contributed by atoms with Crippen LogP contribution in [0.15, 0.2) is 48.5 Å². The molecule has 0 aliphatic rings. The summed E-state index contributed by atoms with van der Waals surface area (Å²) in [6.45, 7) is 0.263. The highest BCUT2D eigenvalue weighted by atomic mass is 19.4. The van der Waals surface area contributed by atoms with Gasteiger partial charge in [0.1, 0.15) is 0 Å². The number of para-hydroxylation sites is 1. The molecule has 6 heteroatoms. The number of esters is 1. The maximum atomic E-state index is 12.7. The van der Waals surface area contributed by atoms with Crippen molar-refractivity contribution >= 4 is 11.7 Å². The molecule has 0 radical (unpaired) electrons. The third-order valence-electron chi connectivity index (χ3n) is 3.58. The second-order valence-corrected chi connectivity index (χ2v) is 5.28. The fraction of sp³-hybridized carbons (Fsp3) is 0.278. The van der Waals surface area contributed by atoms with Crippen LogP contribution in [0.4, 0.5) is 18.9 Å². The molecule has 0 saturated carbocycles. The fourth-order valence-electron chi connectivity index (χ4n) is 2.30. The Bertz CT molecular complexity index is 699. The predicted octanol–water partition coefficient (Wildman–Crippen LogP) is 4.42. The Balaban J connectivity index is 2.06. The number of hydrogen-bond donors (Lipinski definition) is 1. The van der Waals surface area contributed by atoms with E-state index >= 15 is 0 Å². The molecule has 2 aromatic carbocycles. The lowest BCUT2D eigenvalue weighted by Crippen LogP contribution is -2.08. The number of methoxy groups -OCH3 is 1. The Morgan fingerprint density at radius 1 is 1.12 bits per heavy atom. The molecule has 128 valence electrons. The second kappa shape index (κ2) is 7.86. The number of benzene rings is 2. The largest absolute Gasteiger partial charge is 0.469 e. The molecule has 2 rings (SSSR count). The molecule has 0 aliphatic heterocycles. The van der Waals surface area contributed by atoms with Crippen molar-refractivity contribution in [2.75, 3.05) is 12.4 Å². The van der Waals surface area contributed by atoms with Crippen LogP contribution in [0.25, 0.3) is 0 Å². The first-order valence-electron chi connectivity index (χ1n) is 7.45. The third kappa shape index (κ3) is 5.01. The zero-order valence-corrected chi connectivity index (χ0v) is 13.2. The van der Waals surface area contributed by atoms with Crippen molar-refractivity contribution in [3.63, 3.8) is 0 Å². The summed E-state index contributed by atoms with van der Waals surface area (Å²) in [6, 6.07) is 12.6. The standard InChI is InChI=1S/C18H18F3NO2/c1-24-17(23)10-9-14-6-2-3-8-16(14)22-12-13-5-4-7-15(11-13)18(19,20)21/h2-8,11,22H,9-10,12H2,1H3. The maximum absolute atomic E-state index is 12.7. The highest BCUT2D eigenvalue weighted by Gasteiger charge is 2.30. The number of alkyl halides is 3. The highest BCUT2D eigenvalue weighted by Crippen LogP contribution is 2.29. The first-order chi connectivity index (χ1) is 11.4. The summed E-state index contributed by atoms with van der Waals surface area (Å²) in [5, 5.41) is 3.13. The number of anilines is 1. The molecule has 0 aromatic heterocycles. The van der Waals surface area contributed by atoms with Crippen LogP contribution in [0.3, 0.4) is 0 Å². The molecule has 0 bridgehead atoms. The van der Waals surface area contributed by atoms with Gasteiger partial charge >= 0.3 is 12.1 Å². The van der Waals surface area contributed by atoms with Gasteiger partial charge in [-0.1, -0.05) is 30.3 Å². The van der Waals surface area contributed by atoms with Crippen LogP contribution in [0, 0.1) is 0 Å². The van der Waals surface area contributed by atoms with Gasteiger partial charge in [0.25, 0.3) is 0 Å². The summed E-state index contributed by atoms with van der Waals surface area (Å²) >= 11 is 0. The van der Waals surface area contributed by atoms with E-state index in [9.17, 15) is 18.0 Å². The number of aryl methyl sites for hydroxylation is 1. The maximum Gasteiger partial charge on any atom is 0.416 e. The molecule has 3 nitrogen and oxygen atoms in total. The highest BCUT2D eigenvalue weighted by molar-refractivity contribution is 5.70. The second-order valence-electron chi connectivity index (χ2n) is 5.28. The van der Waals surface area contributed by atoms with Crippen molar-refractivity contribution < 1.29 is 22.7 Å². The van der Waals surface area contributed by atoms with Gasteiger partial charge in [-0.2, -0.15) is 13.2 Å². The number of carbonyl (C=O) groups is 1. The Labute approximate surface area is 138 Å². The molecule has 0 spiro atoms. The van der Waals surface area contributed by atoms with Gasteiger partial charge < -0.3 is 10.1 Å². The van der Waals surface area contributed by atoms with Gasteiger partial charge in [0.15, 0.2) is 0 Å². The summed E-state index contributed by atoms with van der Waals surface area (Å²) in [7, 11) is 1.33. The van der Waals surface area contributed by atoms with Crippen LogP contribution in [-0.4, -0.2) is 13.1 Å². The van der Waals surface area contributed by atoms with Crippen molar-refractivity contribution in [1.82, 2.24) is 0 Å². The molecule has 0 unspecified atom stereocenters. The van der Waals surface area contributed by atoms with E-state index in [0.29, 0.717) is 12.0 Å². The van der Waals surface area contributed by atoms with Crippen LogP contribution in [-0.2, 0) is 28.7 Å². The van der Waals surface area contributed by atoms with Crippen molar-refractivity contribution in [1.29, 1.82) is 0 Å². The van der Waals surface area contributed by atoms with Gasteiger partial charge in [-0.25, -0.2) is 0 Å². The fourth-order valence-corrected chi connectivity index (χ4v) is 2.30. The van der Waals surface area contributed by atoms with Crippen LogP contribution in [0.2, 0.25) is 0 Å². The molecule has 0 fully saturated rings. The minimum atomic E-state index is -4.35. The Morgan fingerprint density at radius 3 is 2.58 bits per heavy atom. The molecule has 24 heavy (non-hydrogen) atoms. The van der Waals surface area contributed by atoms with Gasteiger partial charge in [0, 0.05) is 18.7 Å². The number of hydrogen-bond acceptors (Lipinski definition) is 3. The van der Waals surface area contributed by atoms with Crippen LogP contribution in [0.5, 0.6) is 0 Å². The summed E-state index contributed by atoms with van der Waals surface area (Å²) < 4.78 is 42.8. The monoisotopic (exact) mass is 337 g/mol. The van der Waals surface area contributed by atoms with Crippen LogP contribution < -0.4 is 5.32 Å². The molecular weight excluding hydrogens is 319 g/mol. The Hall–Kier alpha value is -2.50. The van der Waals surface area contributed by atoms with Crippen molar-refractivity contribution in [2.24, 2.45) is 0 Å². The van der Waals surface area contributed by atoms with E-state index in [-0.39, 0.29) is 18.9 Å². The molecule has 0 aliphatic carbocycles. The predicted molar refractivity (Wildman–Crippen MR) is 85.5 cm³/mol. The molecule has 0 atom stereocenters. The lowest BCUT2D eigenvalue weighted by Gasteiger charge is -2.13. The summed E-state index contributed by atoms with van der Waals surface area (Å²) in [6.07, 6.45) is -3.61. The summed E-state index contributed by atoms with van der Waals surface area (Å²) in [5.74, 6) is -0.303. The molecular formula is C18H18F3NO2. The lowest BCUT2D eigenvalue weighted by atomic mass is 10.1. The average Bonchev–Trinajstić information content (AvgIpc) is 2.58. The first-order valence-corrected chi connectivity index (χ1v) is 7.45. The summed E-state index contributed by atoms with van der Waals surface area (Å²) in [5.41, 5.74) is 1.57. The van der Waals surface area contributed by atoms with E-state index in [4.69, 9.17) is 0 Å². The Kier molecular flexibility index (Phi) is 5.84. The van der Waals surface area contributed by atoms with Crippen molar-refractivity contribution in [2.45, 2.75) is 25.6 Å². The molecule has 0 saturated heterocycles. The zero-order chi connectivity index (χ0) is 17.6. The smallest absolute Gasteiger partial charge is 0.416 e. The van der Waals surface area contributed by atoms with E-state index in [0.717, 1.165) is 23.4 Å². The SMILES string of the molecule is COC(=O)CCc1ccccc1NCc1cccc(C(F)(F)F)c1. The number of rotatable bonds is 6. The summed E-state index contributed by atoms with van der Waals surface area (Å²) in [4.78, 5) is 11.3. The topological polar surface area (TPSA) is 38.3 Å². The normalized spacial score (nSPS) is 11.2. The number of carbonyl (C=O) groups excluding carboxylic acids is 1. The van der Waals surface area contributed by atoms with Gasteiger partial charge in [-0.15, -0.1) is 0 Å². The van der Waals surface area contributed by atoms with Crippen LogP contribution >= 0.6 is 0 Å². The van der Waals surface area contributed by atoms with Crippen molar-refractivity contribution in [3.05, 3.63) is 65.2 Å². The molecule has 0 amide bonds. The van der Waals surface area contributed by atoms with Gasteiger partial charge in [0.05, 0.1) is 12.7 Å². The van der Waals surface area contributed by atoms with Gasteiger partial charge in [0.2, 0.25) is 0 Å². The van der Waals surface area contributed by atoms with Crippen molar-refractivity contribution in [3.8, 4) is 0 Å². The minimum absolute atomic E-state index is 0.249. The molecule has 0 heterocycles. The first kappa shape index (κ1) is 17.8. The quantitative estimate of drug-likeness (QED) is 0.793. The molecule has 2 aromatic rings. The number of nitrogens with one attached hydrogen (secondary N) is 1. The van der Waals surface area contributed by atoms with E-state index in [1.165, 1.54) is 13.2 Å². The van der Waals surface area contributed by atoms with E-state index in [1.807, 2.05) is 24.3 Å². The van der Waals surface area contributed by atoms with Crippen LogP contribution in [0.1, 0.15) is 23.1 Å². The Morgan fingerprint density at radius 2 is 1.88 bits per heavy atom. The number of halogens is 3.